The van der Waals surface area contributed by atoms with Crippen molar-refractivity contribution < 1.29 is 82.4 Å². The van der Waals surface area contributed by atoms with Crippen LogP contribution in [-0.2, 0) is 67.1 Å². The average Bonchev–Trinajstić information content (AvgIpc) is 1.53. The van der Waals surface area contributed by atoms with E-state index in [4.69, 9.17) is 5.73 Å². The van der Waals surface area contributed by atoms with E-state index in [1.165, 1.54) is 4.90 Å². The Morgan fingerprint density at radius 3 is 1.53 bits per heavy atom. The van der Waals surface area contributed by atoms with Gasteiger partial charge in [-0.25, -0.2) is 0 Å². The lowest BCUT2D eigenvalue weighted by Gasteiger charge is -2.34. The van der Waals surface area contributed by atoms with Crippen molar-refractivity contribution in [1.82, 2.24) is 52.8 Å². The molecule has 29 heteroatoms. The van der Waals surface area contributed by atoms with Crippen LogP contribution in [0.2, 0.25) is 0 Å². The van der Waals surface area contributed by atoms with Crippen LogP contribution in [0.5, 0.6) is 0 Å². The highest BCUT2D eigenvalue weighted by Gasteiger charge is 2.43. The third kappa shape index (κ3) is 24.4. The number of hydrogen-bond donors (Lipinski definition) is 14. The van der Waals surface area contributed by atoms with Gasteiger partial charge in [0.1, 0.15) is 60.4 Å². The van der Waals surface area contributed by atoms with Crippen molar-refractivity contribution in [2.45, 2.75) is 211 Å². The summed E-state index contributed by atoms with van der Waals surface area (Å²) in [6.45, 7) is 9.59. The first-order valence-electron chi connectivity index (χ1n) is 31.8. The number of thiol groups is 1. The molecule has 0 spiro atoms. The Bertz CT molecular complexity index is 2880. The number of hydrogen-bond acceptors (Lipinski definition) is 15. The highest BCUT2D eigenvalue weighted by atomic mass is 32.1. The van der Waals surface area contributed by atoms with Crippen LogP contribution in [-0.4, -0.2) is 176 Å². The van der Waals surface area contributed by atoms with Crippen molar-refractivity contribution in [1.29, 1.82) is 0 Å². The molecule has 2 aromatic carbocycles. The number of carbonyl (C=O) groups is 14. The van der Waals surface area contributed by atoms with Crippen molar-refractivity contribution >= 4 is 95.5 Å². The van der Waals surface area contributed by atoms with Crippen molar-refractivity contribution in [3.05, 3.63) is 71.8 Å². The fourth-order valence-electron chi connectivity index (χ4n) is 11.5. The zero-order valence-corrected chi connectivity index (χ0v) is 54.5. The molecule has 4 rings (SSSR count). The Morgan fingerprint density at radius 2 is 1.01 bits per heavy atom. The SMILES string of the molecule is CCCCC(NC(=O)[C@H]1CCCN1C(=O)[C@H](CS)NC(=O)[C@H](CC1CCCCC1)NC(=O)[C@@H](NC(=O)[C@@H](NC(=O)[C@H](CCC(=O)O)NC(=O)[C@H](CC(=O)O)NC(C)=O)C(c1ccccc1)c1ccccc1)[C@H](C)CC)C(=O)N[C@@H](CC(=O)O)C(=O)N[C@H](C(N)=O)C(C)C. The highest BCUT2D eigenvalue weighted by Crippen LogP contribution is 2.31. The zero-order valence-electron chi connectivity index (χ0n) is 53.6. The van der Waals surface area contributed by atoms with Crippen molar-refractivity contribution in [3.63, 3.8) is 0 Å². The minimum atomic E-state index is -1.72. The molecule has 14 N–H and O–H groups in total. The molecule has 11 atom stereocenters. The first-order valence-corrected chi connectivity index (χ1v) is 32.4. The lowest BCUT2D eigenvalue weighted by Crippen LogP contribution is -2.62. The summed E-state index contributed by atoms with van der Waals surface area (Å²) >= 11 is 4.45. The van der Waals surface area contributed by atoms with E-state index < -0.39 is 187 Å². The van der Waals surface area contributed by atoms with Gasteiger partial charge in [0.05, 0.1) is 12.8 Å². The second-order valence-corrected chi connectivity index (χ2v) is 24.6. The number of benzene rings is 2. The van der Waals surface area contributed by atoms with E-state index in [1.807, 2.05) is 6.92 Å². The minimum absolute atomic E-state index is 0.0513. The molecule has 0 bridgehead atoms. The number of primary amides is 1. The van der Waals surface area contributed by atoms with Gasteiger partial charge in [0, 0.05) is 31.6 Å². The van der Waals surface area contributed by atoms with Crippen LogP contribution in [0.4, 0.5) is 0 Å². The molecule has 1 aliphatic carbocycles. The summed E-state index contributed by atoms with van der Waals surface area (Å²) < 4.78 is 0. The van der Waals surface area contributed by atoms with Gasteiger partial charge in [-0.2, -0.15) is 12.6 Å². The lowest BCUT2D eigenvalue weighted by molar-refractivity contribution is -0.143. The Hall–Kier alpha value is -8.63. The summed E-state index contributed by atoms with van der Waals surface area (Å²) in [5.41, 5.74) is 6.46. The van der Waals surface area contributed by atoms with E-state index in [-0.39, 0.29) is 43.9 Å². The molecule has 1 unspecified atom stereocenters. The van der Waals surface area contributed by atoms with Crippen LogP contribution in [0.15, 0.2) is 60.7 Å². The van der Waals surface area contributed by atoms with Gasteiger partial charge < -0.3 is 73.8 Å². The van der Waals surface area contributed by atoms with E-state index in [9.17, 15) is 72.9 Å². The van der Waals surface area contributed by atoms with E-state index in [1.54, 1.807) is 88.4 Å². The number of carbonyl (C=O) groups excluding carboxylic acids is 11. The second kappa shape index (κ2) is 38.4. The van der Waals surface area contributed by atoms with E-state index >= 15 is 9.59 Å². The topological polar surface area (TPSA) is 437 Å². The molecule has 2 aliphatic rings. The maximum absolute atomic E-state index is 15.3. The van der Waals surface area contributed by atoms with Crippen molar-refractivity contribution in [2.75, 3.05) is 12.3 Å². The van der Waals surface area contributed by atoms with Crippen LogP contribution in [0.25, 0.3) is 0 Å². The van der Waals surface area contributed by atoms with Crippen molar-refractivity contribution in [2.24, 2.45) is 23.5 Å². The molecular formula is C64H93N11O17S. The van der Waals surface area contributed by atoms with Crippen LogP contribution >= 0.6 is 12.6 Å². The van der Waals surface area contributed by atoms with Gasteiger partial charge >= 0.3 is 17.9 Å². The average molecular weight is 1320 g/mol. The zero-order chi connectivity index (χ0) is 69.1. The molecule has 0 radical (unpaired) electrons. The number of nitrogens with two attached hydrogens (primary N) is 1. The van der Waals surface area contributed by atoms with Gasteiger partial charge in [0.25, 0.3) is 0 Å². The summed E-state index contributed by atoms with van der Waals surface area (Å²) in [5, 5.41) is 52.1. The lowest BCUT2D eigenvalue weighted by atomic mass is 9.83. The van der Waals surface area contributed by atoms with E-state index in [2.05, 4.69) is 60.5 Å². The van der Waals surface area contributed by atoms with Crippen LogP contribution in [0.3, 0.4) is 0 Å². The Labute approximate surface area is 546 Å². The number of unbranched alkanes of at least 4 members (excludes halogenated alkanes) is 1. The van der Waals surface area contributed by atoms with Gasteiger partial charge in [0.15, 0.2) is 0 Å². The summed E-state index contributed by atoms with van der Waals surface area (Å²) in [7, 11) is 0. The summed E-state index contributed by atoms with van der Waals surface area (Å²) in [4.78, 5) is 190. The molecule has 1 aliphatic heterocycles. The molecule has 2 fully saturated rings. The van der Waals surface area contributed by atoms with Gasteiger partial charge in [-0.05, 0) is 61.0 Å². The Morgan fingerprint density at radius 1 is 0.538 bits per heavy atom. The first-order chi connectivity index (χ1) is 44.1. The summed E-state index contributed by atoms with van der Waals surface area (Å²) in [6.07, 6.45) is 2.97. The fraction of sp³-hybridized carbons (Fsp3) is 0.594. The molecule has 1 saturated carbocycles. The molecule has 0 aromatic heterocycles. The monoisotopic (exact) mass is 1320 g/mol. The van der Waals surface area contributed by atoms with E-state index in [0.717, 1.165) is 26.2 Å². The van der Waals surface area contributed by atoms with Gasteiger partial charge in [-0.3, -0.25) is 67.1 Å². The molecule has 28 nitrogen and oxygen atoms in total. The molecular weight excluding hydrogens is 1230 g/mol. The standard InChI is InChI=1S/C64H93N11O17S/c1-7-9-26-41(56(84)69-45(33-50(81)82)60(88)72-52(35(3)4)55(65)83)68-61(89)47-27-19-30-75(47)64(92)46(34-93)71-58(86)43(31-38-20-13-10-14-21-38)70-62(90)53(36(5)8-2)73-63(91)54(51(39-22-15-11-16-23-39)40-24-17-12-18-25-40)74-57(85)42(28-29-48(77)78)67-59(87)44(32-49(79)80)66-37(6)76/h11-12,15-18,22-25,35-36,38,41-47,51-54,93H,7-10,13-14,19-21,26-34H2,1-6H3,(H2,65,83)(H,66,76)(H,67,87)(H,68,89)(H,69,84)(H,70,90)(H,71,86)(H,72,88)(H,73,91)(H,74,85)(H,77,78)(H,79,80)(H,81,82)/t36-,41?,42+,43+,44+,45+,46+,47-,52+,53+,54+/m1/s1. The minimum Gasteiger partial charge on any atom is -0.481 e. The third-order valence-corrected chi connectivity index (χ3v) is 17.1. The smallest absolute Gasteiger partial charge is 0.305 e. The van der Waals surface area contributed by atoms with Crippen LogP contribution < -0.4 is 53.6 Å². The first kappa shape index (κ1) is 76.8. The quantitative estimate of drug-likeness (QED) is 0.0421. The molecule has 512 valence electrons. The number of carboxylic acid groups (broad SMARTS) is 3. The normalized spacial score (nSPS) is 17.2. The molecule has 1 heterocycles. The van der Waals surface area contributed by atoms with E-state index in [0.29, 0.717) is 43.2 Å². The van der Waals surface area contributed by atoms with Crippen LogP contribution in [0, 0.1) is 17.8 Å². The maximum atomic E-state index is 15.3. The van der Waals surface area contributed by atoms with Gasteiger partial charge in [-0.1, -0.05) is 147 Å². The van der Waals surface area contributed by atoms with Gasteiger partial charge in [-0.15, -0.1) is 0 Å². The number of nitrogens with one attached hydrogen (secondary N) is 9. The van der Waals surface area contributed by atoms with Crippen molar-refractivity contribution in [3.8, 4) is 0 Å². The molecule has 93 heavy (non-hydrogen) atoms. The van der Waals surface area contributed by atoms with Crippen LogP contribution in [0.1, 0.15) is 161 Å². The summed E-state index contributed by atoms with van der Waals surface area (Å²) in [5.74, 6) is -16.5. The number of nitrogens with zero attached hydrogens (tertiary/aromatic N) is 1. The summed E-state index contributed by atoms with van der Waals surface area (Å²) in [6, 6.07) is 2.56. The Balaban J connectivity index is 1.67. The predicted octanol–water partition coefficient (Wildman–Crippen LogP) is 1.28. The highest BCUT2D eigenvalue weighted by molar-refractivity contribution is 7.80. The predicted molar refractivity (Wildman–Crippen MR) is 342 cm³/mol. The molecule has 2 aromatic rings. The third-order valence-electron chi connectivity index (χ3n) is 16.7. The number of amides is 11. The molecule has 11 amide bonds. The molecule has 1 saturated heterocycles. The van der Waals surface area contributed by atoms with Gasteiger partial charge in [0.2, 0.25) is 65.0 Å². The fourth-order valence-corrected chi connectivity index (χ4v) is 11.7. The number of rotatable bonds is 38. The number of aliphatic carboxylic acids is 3. The number of likely N-dealkylation sites (tertiary alicyclic amines) is 1. The number of carboxylic acids is 3. The second-order valence-electron chi connectivity index (χ2n) is 24.2. The maximum Gasteiger partial charge on any atom is 0.305 e. The largest absolute Gasteiger partial charge is 0.481 e. The Kier molecular flexibility index (Phi) is 31.7.